The minimum Gasteiger partial charge on any atom is -0.342 e. The Hall–Kier alpha value is -3.15. The summed E-state index contributed by atoms with van der Waals surface area (Å²) in [5.74, 6) is -0.414. The van der Waals surface area contributed by atoms with Crippen molar-refractivity contribution >= 4 is 29.1 Å². The predicted octanol–water partition coefficient (Wildman–Crippen LogP) is 2.60. The maximum absolute atomic E-state index is 12.6. The number of carbonyl (C=O) groups excluding carboxylic acids is 3. The van der Waals surface area contributed by atoms with Crippen LogP contribution in [0.25, 0.3) is 0 Å². The number of aryl methyl sites for hydroxylation is 1. The lowest BCUT2D eigenvalue weighted by Gasteiger charge is -2.19. The van der Waals surface area contributed by atoms with Crippen molar-refractivity contribution in [2.24, 2.45) is 5.92 Å². The molecule has 2 aromatic carbocycles. The zero-order valence-corrected chi connectivity index (χ0v) is 15.6. The van der Waals surface area contributed by atoms with E-state index in [2.05, 4.69) is 10.6 Å². The van der Waals surface area contributed by atoms with Crippen LogP contribution in [0.2, 0.25) is 0 Å². The summed E-state index contributed by atoms with van der Waals surface area (Å²) in [7, 11) is 0. The number of likely N-dealkylation sites (tertiary alicyclic amines) is 1. The van der Waals surface area contributed by atoms with Crippen molar-refractivity contribution in [1.29, 1.82) is 0 Å². The van der Waals surface area contributed by atoms with Crippen molar-refractivity contribution < 1.29 is 14.4 Å². The van der Waals surface area contributed by atoms with Gasteiger partial charge in [-0.2, -0.15) is 0 Å². The lowest BCUT2D eigenvalue weighted by Crippen LogP contribution is -2.30. The van der Waals surface area contributed by atoms with E-state index in [4.69, 9.17) is 0 Å². The molecule has 2 N–H and O–H groups in total. The molecular formula is C22H23N3O3. The van der Waals surface area contributed by atoms with Crippen molar-refractivity contribution in [2.45, 2.75) is 25.7 Å². The maximum Gasteiger partial charge on any atom is 0.229 e. The van der Waals surface area contributed by atoms with Crippen molar-refractivity contribution in [3.8, 4) is 0 Å². The molecule has 2 aromatic rings. The molecule has 3 amide bonds. The molecule has 0 saturated carbocycles. The molecule has 6 heteroatoms. The molecule has 28 heavy (non-hydrogen) atoms. The van der Waals surface area contributed by atoms with Gasteiger partial charge in [0.05, 0.1) is 5.92 Å². The van der Waals surface area contributed by atoms with Gasteiger partial charge in [0.15, 0.2) is 0 Å². The second-order valence-electron chi connectivity index (χ2n) is 7.39. The van der Waals surface area contributed by atoms with Gasteiger partial charge in [-0.3, -0.25) is 14.4 Å². The summed E-state index contributed by atoms with van der Waals surface area (Å²) in [5, 5.41) is 5.76. The molecule has 1 fully saturated rings. The van der Waals surface area contributed by atoms with Crippen molar-refractivity contribution in [3.63, 3.8) is 0 Å². The zero-order chi connectivity index (χ0) is 19.5. The smallest absolute Gasteiger partial charge is 0.229 e. The number of hydrogen-bond acceptors (Lipinski definition) is 3. The normalized spacial score (nSPS) is 18.6. The average molecular weight is 377 g/mol. The molecule has 0 radical (unpaired) electrons. The van der Waals surface area contributed by atoms with E-state index in [1.165, 1.54) is 5.56 Å². The van der Waals surface area contributed by atoms with Crippen molar-refractivity contribution in [2.75, 3.05) is 23.7 Å². The van der Waals surface area contributed by atoms with E-state index in [1.807, 2.05) is 42.5 Å². The van der Waals surface area contributed by atoms with Crippen LogP contribution in [0.3, 0.4) is 0 Å². The summed E-state index contributed by atoms with van der Waals surface area (Å²) in [6, 6.07) is 15.5. The van der Waals surface area contributed by atoms with Gasteiger partial charge in [0.2, 0.25) is 17.7 Å². The number of hydrogen-bond donors (Lipinski definition) is 2. The van der Waals surface area contributed by atoms with Gasteiger partial charge in [0.1, 0.15) is 0 Å². The quantitative estimate of drug-likeness (QED) is 0.841. The summed E-state index contributed by atoms with van der Waals surface area (Å²) >= 11 is 0. The van der Waals surface area contributed by atoms with Crippen LogP contribution in [0.1, 0.15) is 24.0 Å². The number of rotatable bonds is 5. The van der Waals surface area contributed by atoms with Crippen LogP contribution in [0.15, 0.2) is 48.5 Å². The fraction of sp³-hybridized carbons (Fsp3) is 0.318. The van der Waals surface area contributed by atoms with Crippen LogP contribution in [0, 0.1) is 5.92 Å². The third kappa shape index (κ3) is 4.06. The fourth-order valence-electron chi connectivity index (χ4n) is 3.78. The SMILES string of the molecule is O=C1CCc2cc(NC(=O)C3CC(=O)N(CCc4ccccc4)C3)ccc2N1. The van der Waals surface area contributed by atoms with E-state index >= 15 is 0 Å². The Labute approximate surface area is 163 Å². The monoisotopic (exact) mass is 377 g/mol. The number of carbonyl (C=O) groups is 3. The Balaban J connectivity index is 1.34. The summed E-state index contributed by atoms with van der Waals surface area (Å²) in [6.45, 7) is 1.09. The highest BCUT2D eigenvalue weighted by Gasteiger charge is 2.34. The molecule has 4 rings (SSSR count). The number of nitrogens with one attached hydrogen (secondary N) is 2. The highest BCUT2D eigenvalue weighted by atomic mass is 16.2. The molecule has 0 bridgehead atoms. The molecule has 2 heterocycles. The van der Waals surface area contributed by atoms with E-state index in [1.54, 1.807) is 11.0 Å². The molecule has 0 aromatic heterocycles. The number of nitrogens with zero attached hydrogens (tertiary/aromatic N) is 1. The van der Waals surface area contributed by atoms with E-state index < -0.39 is 0 Å². The molecule has 2 aliphatic rings. The third-order valence-corrected chi connectivity index (χ3v) is 5.37. The molecule has 2 aliphatic heterocycles. The third-order valence-electron chi connectivity index (χ3n) is 5.37. The average Bonchev–Trinajstić information content (AvgIpc) is 3.08. The molecule has 1 atom stereocenters. The van der Waals surface area contributed by atoms with Gasteiger partial charge in [-0.1, -0.05) is 30.3 Å². The summed E-state index contributed by atoms with van der Waals surface area (Å²) in [6.07, 6.45) is 2.16. The van der Waals surface area contributed by atoms with E-state index in [9.17, 15) is 14.4 Å². The minimum absolute atomic E-state index is 0.0179. The predicted molar refractivity (Wildman–Crippen MR) is 107 cm³/mol. The highest BCUT2D eigenvalue weighted by Crippen LogP contribution is 2.27. The van der Waals surface area contributed by atoms with Gasteiger partial charge in [0.25, 0.3) is 0 Å². The second-order valence-corrected chi connectivity index (χ2v) is 7.39. The van der Waals surface area contributed by atoms with Crippen LogP contribution >= 0.6 is 0 Å². The van der Waals surface area contributed by atoms with E-state index in [-0.39, 0.29) is 30.1 Å². The first kappa shape index (κ1) is 18.2. The van der Waals surface area contributed by atoms with E-state index in [0.29, 0.717) is 31.6 Å². The molecule has 1 unspecified atom stereocenters. The van der Waals surface area contributed by atoms with Gasteiger partial charge in [-0.05, 0) is 42.2 Å². The first-order valence-corrected chi connectivity index (χ1v) is 9.64. The maximum atomic E-state index is 12.6. The molecule has 6 nitrogen and oxygen atoms in total. The Morgan fingerprint density at radius 3 is 2.75 bits per heavy atom. The van der Waals surface area contributed by atoms with Gasteiger partial charge >= 0.3 is 0 Å². The van der Waals surface area contributed by atoms with Crippen LogP contribution in [0.4, 0.5) is 11.4 Å². The zero-order valence-electron chi connectivity index (χ0n) is 15.6. The Morgan fingerprint density at radius 1 is 1.11 bits per heavy atom. The van der Waals surface area contributed by atoms with Crippen LogP contribution in [0.5, 0.6) is 0 Å². The first-order valence-electron chi connectivity index (χ1n) is 9.64. The van der Waals surface area contributed by atoms with Gasteiger partial charge in [0, 0.05) is 37.3 Å². The van der Waals surface area contributed by atoms with Crippen LogP contribution < -0.4 is 10.6 Å². The number of anilines is 2. The lowest BCUT2D eigenvalue weighted by molar-refractivity contribution is -0.128. The minimum atomic E-state index is -0.334. The molecule has 0 spiro atoms. The van der Waals surface area contributed by atoms with Crippen LogP contribution in [-0.4, -0.2) is 35.7 Å². The Bertz CT molecular complexity index is 910. The number of amides is 3. The summed E-state index contributed by atoms with van der Waals surface area (Å²) < 4.78 is 0. The summed E-state index contributed by atoms with van der Waals surface area (Å²) in [5.41, 5.74) is 3.71. The molecule has 144 valence electrons. The second kappa shape index (κ2) is 7.84. The van der Waals surface area contributed by atoms with Crippen molar-refractivity contribution in [3.05, 3.63) is 59.7 Å². The van der Waals surface area contributed by atoms with Crippen LogP contribution in [-0.2, 0) is 27.2 Å². The summed E-state index contributed by atoms with van der Waals surface area (Å²) in [4.78, 5) is 38.2. The Morgan fingerprint density at radius 2 is 1.93 bits per heavy atom. The molecule has 0 aliphatic carbocycles. The van der Waals surface area contributed by atoms with Gasteiger partial charge < -0.3 is 15.5 Å². The van der Waals surface area contributed by atoms with E-state index in [0.717, 1.165) is 17.7 Å². The highest BCUT2D eigenvalue weighted by molar-refractivity contribution is 5.98. The number of benzene rings is 2. The molecule has 1 saturated heterocycles. The molecular weight excluding hydrogens is 354 g/mol. The first-order chi connectivity index (χ1) is 13.6. The largest absolute Gasteiger partial charge is 0.342 e. The van der Waals surface area contributed by atoms with Crippen molar-refractivity contribution in [1.82, 2.24) is 4.90 Å². The fourth-order valence-corrected chi connectivity index (χ4v) is 3.78. The Kier molecular flexibility index (Phi) is 5.10. The topological polar surface area (TPSA) is 78.5 Å². The number of fused-ring (bicyclic) bond motifs is 1. The van der Waals surface area contributed by atoms with Gasteiger partial charge in [-0.15, -0.1) is 0 Å². The standard InChI is InChI=1S/C22H23N3O3/c26-20-9-6-16-12-18(7-8-19(16)24-20)23-22(28)17-13-21(27)25(14-17)11-10-15-4-2-1-3-5-15/h1-5,7-8,12,17H,6,9-11,13-14H2,(H,23,28)(H,24,26). The lowest BCUT2D eigenvalue weighted by atomic mass is 10.0. The van der Waals surface area contributed by atoms with Gasteiger partial charge in [-0.25, -0.2) is 0 Å².